The molecular formula is C11H12N4OS. The minimum absolute atomic E-state index is 0.214. The number of rotatable bonds is 4. The van der Waals surface area contributed by atoms with Gasteiger partial charge in [0.15, 0.2) is 0 Å². The zero-order chi connectivity index (χ0) is 12.1. The standard InChI is InChI=1S/C11H12N4OS/c1-12-10-7-13-9(6-14-10)11(16)15-5-8-3-2-4-17-8/h2-4,6-7H,5H2,1H3,(H,12,14)(H,15,16). The smallest absolute Gasteiger partial charge is 0.271 e. The maximum absolute atomic E-state index is 11.7. The van der Waals surface area contributed by atoms with Gasteiger partial charge in [-0.2, -0.15) is 0 Å². The van der Waals surface area contributed by atoms with E-state index >= 15 is 0 Å². The number of carbonyl (C=O) groups excluding carboxylic acids is 1. The number of hydrogen-bond donors (Lipinski definition) is 2. The Morgan fingerprint density at radius 1 is 1.41 bits per heavy atom. The molecule has 2 rings (SSSR count). The molecule has 0 spiro atoms. The first-order valence-corrected chi connectivity index (χ1v) is 5.98. The molecule has 0 aliphatic rings. The lowest BCUT2D eigenvalue weighted by atomic mass is 10.4. The predicted molar refractivity (Wildman–Crippen MR) is 67.1 cm³/mol. The summed E-state index contributed by atoms with van der Waals surface area (Å²) in [6, 6.07) is 3.93. The van der Waals surface area contributed by atoms with E-state index in [-0.39, 0.29) is 5.91 Å². The monoisotopic (exact) mass is 248 g/mol. The number of thiophene rings is 1. The summed E-state index contributed by atoms with van der Waals surface area (Å²) in [5.74, 6) is 0.424. The van der Waals surface area contributed by atoms with Crippen molar-refractivity contribution in [2.24, 2.45) is 0 Å². The molecule has 2 aromatic heterocycles. The molecule has 0 radical (unpaired) electrons. The molecule has 0 atom stereocenters. The van der Waals surface area contributed by atoms with Crippen molar-refractivity contribution < 1.29 is 4.79 Å². The molecule has 0 saturated heterocycles. The van der Waals surface area contributed by atoms with Crippen molar-refractivity contribution in [3.05, 3.63) is 40.5 Å². The number of nitrogens with one attached hydrogen (secondary N) is 2. The number of amides is 1. The van der Waals surface area contributed by atoms with Crippen LogP contribution in [0.5, 0.6) is 0 Å². The lowest BCUT2D eigenvalue weighted by Gasteiger charge is -2.03. The molecule has 0 unspecified atom stereocenters. The molecule has 2 N–H and O–H groups in total. The molecule has 2 aromatic rings. The van der Waals surface area contributed by atoms with Gasteiger partial charge in [-0.05, 0) is 11.4 Å². The highest BCUT2D eigenvalue weighted by Crippen LogP contribution is 2.07. The second kappa shape index (κ2) is 5.40. The van der Waals surface area contributed by atoms with Gasteiger partial charge in [0.2, 0.25) is 0 Å². The summed E-state index contributed by atoms with van der Waals surface area (Å²) in [5.41, 5.74) is 0.320. The Morgan fingerprint density at radius 2 is 2.29 bits per heavy atom. The Hall–Kier alpha value is -1.95. The fraction of sp³-hybridized carbons (Fsp3) is 0.182. The number of anilines is 1. The van der Waals surface area contributed by atoms with Gasteiger partial charge in [0.05, 0.1) is 18.9 Å². The molecule has 0 aromatic carbocycles. The van der Waals surface area contributed by atoms with Gasteiger partial charge in [0, 0.05) is 11.9 Å². The first kappa shape index (κ1) is 11.5. The van der Waals surface area contributed by atoms with Crippen LogP contribution in [-0.2, 0) is 6.54 Å². The van der Waals surface area contributed by atoms with E-state index in [1.54, 1.807) is 18.4 Å². The Bertz CT molecular complexity index is 481. The van der Waals surface area contributed by atoms with Crippen molar-refractivity contribution in [2.45, 2.75) is 6.54 Å². The van der Waals surface area contributed by atoms with E-state index in [1.165, 1.54) is 12.4 Å². The summed E-state index contributed by atoms with van der Waals surface area (Å²) in [5, 5.41) is 7.61. The summed E-state index contributed by atoms with van der Waals surface area (Å²) < 4.78 is 0. The third-order valence-electron chi connectivity index (χ3n) is 2.14. The SMILES string of the molecule is CNc1cnc(C(=O)NCc2cccs2)cn1. The van der Waals surface area contributed by atoms with E-state index in [4.69, 9.17) is 0 Å². The third-order valence-corrected chi connectivity index (χ3v) is 3.02. The van der Waals surface area contributed by atoms with E-state index in [9.17, 15) is 4.79 Å². The van der Waals surface area contributed by atoms with E-state index in [0.717, 1.165) is 4.88 Å². The topological polar surface area (TPSA) is 66.9 Å². The first-order chi connectivity index (χ1) is 8.29. The van der Waals surface area contributed by atoms with Gasteiger partial charge in [0.25, 0.3) is 5.91 Å². The maximum atomic E-state index is 11.7. The normalized spacial score (nSPS) is 9.94. The number of hydrogen-bond acceptors (Lipinski definition) is 5. The molecule has 0 bridgehead atoms. The summed E-state index contributed by atoms with van der Waals surface area (Å²) in [4.78, 5) is 20.9. The van der Waals surface area contributed by atoms with Crippen molar-refractivity contribution in [3.8, 4) is 0 Å². The third kappa shape index (κ3) is 3.01. The van der Waals surface area contributed by atoms with Gasteiger partial charge >= 0.3 is 0 Å². The van der Waals surface area contributed by atoms with E-state index in [2.05, 4.69) is 20.6 Å². The molecule has 1 amide bonds. The molecule has 5 nitrogen and oxygen atoms in total. The largest absolute Gasteiger partial charge is 0.372 e. The number of carbonyl (C=O) groups is 1. The van der Waals surface area contributed by atoms with Gasteiger partial charge in [0.1, 0.15) is 11.5 Å². The van der Waals surface area contributed by atoms with Crippen LogP contribution in [0.2, 0.25) is 0 Å². The van der Waals surface area contributed by atoms with Crippen LogP contribution < -0.4 is 10.6 Å². The summed E-state index contributed by atoms with van der Waals surface area (Å²) in [6.45, 7) is 0.520. The van der Waals surface area contributed by atoms with E-state index in [0.29, 0.717) is 18.1 Å². The van der Waals surface area contributed by atoms with Crippen molar-refractivity contribution in [2.75, 3.05) is 12.4 Å². The van der Waals surface area contributed by atoms with Crippen LogP contribution in [0, 0.1) is 0 Å². The number of nitrogens with zero attached hydrogens (tertiary/aromatic N) is 2. The average molecular weight is 248 g/mol. The van der Waals surface area contributed by atoms with Gasteiger partial charge in [-0.25, -0.2) is 9.97 Å². The Balaban J connectivity index is 1.95. The second-order valence-electron chi connectivity index (χ2n) is 3.30. The fourth-order valence-corrected chi connectivity index (χ4v) is 1.89. The zero-order valence-electron chi connectivity index (χ0n) is 9.30. The van der Waals surface area contributed by atoms with E-state index in [1.807, 2.05) is 17.5 Å². The number of aromatic nitrogens is 2. The van der Waals surface area contributed by atoms with Gasteiger partial charge in [-0.3, -0.25) is 4.79 Å². The summed E-state index contributed by atoms with van der Waals surface area (Å²) in [6.07, 6.45) is 2.98. The van der Waals surface area contributed by atoms with Gasteiger partial charge in [-0.15, -0.1) is 11.3 Å². The van der Waals surface area contributed by atoms with Crippen molar-refractivity contribution >= 4 is 23.1 Å². The Labute approximate surface area is 103 Å². The van der Waals surface area contributed by atoms with E-state index < -0.39 is 0 Å². The molecule has 88 valence electrons. The van der Waals surface area contributed by atoms with Crippen LogP contribution in [0.1, 0.15) is 15.4 Å². The quantitative estimate of drug-likeness (QED) is 0.860. The van der Waals surface area contributed by atoms with Crippen LogP contribution in [-0.4, -0.2) is 22.9 Å². The van der Waals surface area contributed by atoms with Crippen LogP contribution >= 0.6 is 11.3 Å². The van der Waals surface area contributed by atoms with Crippen LogP contribution in [0.3, 0.4) is 0 Å². The first-order valence-electron chi connectivity index (χ1n) is 5.10. The molecule has 0 aliphatic heterocycles. The summed E-state index contributed by atoms with van der Waals surface area (Å²) >= 11 is 1.61. The lowest BCUT2D eigenvalue weighted by Crippen LogP contribution is -2.23. The van der Waals surface area contributed by atoms with Crippen LogP contribution in [0.15, 0.2) is 29.9 Å². The molecule has 6 heteroatoms. The highest BCUT2D eigenvalue weighted by molar-refractivity contribution is 7.09. The predicted octanol–water partition coefficient (Wildman–Crippen LogP) is 1.51. The van der Waals surface area contributed by atoms with Crippen molar-refractivity contribution in [3.63, 3.8) is 0 Å². The van der Waals surface area contributed by atoms with Crippen molar-refractivity contribution in [1.82, 2.24) is 15.3 Å². The van der Waals surface area contributed by atoms with Gasteiger partial charge < -0.3 is 10.6 Å². The zero-order valence-corrected chi connectivity index (χ0v) is 10.1. The molecular weight excluding hydrogens is 236 g/mol. The molecule has 0 saturated carbocycles. The average Bonchev–Trinajstić information content (AvgIpc) is 2.89. The summed E-state index contributed by atoms with van der Waals surface area (Å²) in [7, 11) is 1.75. The molecule has 0 aliphatic carbocycles. The maximum Gasteiger partial charge on any atom is 0.271 e. The highest BCUT2D eigenvalue weighted by atomic mass is 32.1. The molecule has 0 fully saturated rings. The minimum atomic E-state index is -0.214. The van der Waals surface area contributed by atoms with Crippen LogP contribution in [0.4, 0.5) is 5.82 Å². The second-order valence-corrected chi connectivity index (χ2v) is 4.33. The van der Waals surface area contributed by atoms with Gasteiger partial charge in [-0.1, -0.05) is 6.07 Å². The molecule has 17 heavy (non-hydrogen) atoms. The van der Waals surface area contributed by atoms with Crippen LogP contribution in [0.25, 0.3) is 0 Å². The van der Waals surface area contributed by atoms with Crippen molar-refractivity contribution in [1.29, 1.82) is 0 Å². The lowest BCUT2D eigenvalue weighted by molar-refractivity contribution is 0.0946. The Morgan fingerprint density at radius 3 is 2.88 bits per heavy atom. The Kier molecular flexibility index (Phi) is 3.66. The fourth-order valence-electron chi connectivity index (χ4n) is 1.25. The minimum Gasteiger partial charge on any atom is -0.372 e. The molecule has 2 heterocycles. The highest BCUT2D eigenvalue weighted by Gasteiger charge is 2.07.